The van der Waals surface area contributed by atoms with E-state index in [4.69, 9.17) is 5.21 Å². The van der Waals surface area contributed by atoms with Crippen LogP contribution in [0, 0.1) is 0 Å². The Labute approximate surface area is 175 Å². The lowest BCUT2D eigenvalue weighted by molar-refractivity contribution is -0.132. The minimum Gasteiger partial charge on any atom is -0.391 e. The van der Waals surface area contributed by atoms with Crippen LogP contribution in [-0.4, -0.2) is 58.1 Å². The molecule has 4 atom stereocenters. The number of hydrogen-bond donors (Lipinski definition) is 6. The first kappa shape index (κ1) is 23.5. The molecule has 30 heavy (non-hydrogen) atoms. The van der Waals surface area contributed by atoms with Gasteiger partial charge < -0.3 is 26.1 Å². The molecule has 8 nitrogen and oxygen atoms in total. The fraction of sp³-hybridized carbons (Fsp3) is 0.364. The van der Waals surface area contributed by atoms with E-state index in [1.165, 1.54) is 13.8 Å². The summed E-state index contributed by atoms with van der Waals surface area (Å²) in [6.45, 7) is 2.76. The molecule has 2 aromatic rings. The number of amides is 2. The third-order valence-electron chi connectivity index (χ3n) is 4.73. The van der Waals surface area contributed by atoms with Gasteiger partial charge in [-0.25, -0.2) is 5.48 Å². The molecule has 0 heterocycles. The Morgan fingerprint density at radius 3 is 2.00 bits per heavy atom. The van der Waals surface area contributed by atoms with Gasteiger partial charge in [0.25, 0.3) is 0 Å². The highest BCUT2D eigenvalue weighted by molar-refractivity contribution is 5.89. The number of aliphatic hydroxyl groups is 2. The van der Waals surface area contributed by atoms with Crippen molar-refractivity contribution in [2.45, 2.75) is 44.6 Å². The Kier molecular flexibility index (Phi) is 8.94. The van der Waals surface area contributed by atoms with Gasteiger partial charge in [-0.3, -0.25) is 9.59 Å². The maximum atomic E-state index is 12.5. The first-order chi connectivity index (χ1) is 14.3. The third kappa shape index (κ3) is 6.93. The number of carbonyl (C=O) groups excluding carboxylic acids is 2. The average molecular weight is 415 g/mol. The van der Waals surface area contributed by atoms with Crippen molar-refractivity contribution in [3.63, 3.8) is 0 Å². The van der Waals surface area contributed by atoms with Crippen LogP contribution in [0.2, 0.25) is 0 Å². The zero-order valence-electron chi connectivity index (χ0n) is 17.1. The van der Waals surface area contributed by atoms with Crippen LogP contribution in [0.4, 0.5) is 0 Å². The molecule has 2 rings (SSSR count). The van der Waals surface area contributed by atoms with E-state index in [1.807, 2.05) is 60.1 Å². The van der Waals surface area contributed by atoms with E-state index in [-0.39, 0.29) is 13.0 Å². The summed E-state index contributed by atoms with van der Waals surface area (Å²) in [5.41, 5.74) is 4.76. The van der Waals surface area contributed by atoms with Crippen LogP contribution < -0.4 is 16.1 Å². The molecule has 0 aliphatic heterocycles. The zero-order chi connectivity index (χ0) is 22.1. The van der Waals surface area contributed by atoms with Gasteiger partial charge in [0.05, 0.1) is 24.7 Å². The van der Waals surface area contributed by atoms with E-state index in [2.05, 4.69) is 10.6 Å². The largest absolute Gasteiger partial charge is 0.391 e. The molecule has 0 spiro atoms. The van der Waals surface area contributed by atoms with Crippen LogP contribution >= 0.6 is 0 Å². The molecule has 0 unspecified atom stereocenters. The van der Waals surface area contributed by atoms with Crippen LogP contribution in [-0.2, 0) is 16.0 Å². The number of hydrogen-bond acceptors (Lipinski definition) is 6. The molecule has 0 aliphatic carbocycles. The van der Waals surface area contributed by atoms with Gasteiger partial charge in [0.15, 0.2) is 0 Å². The Balaban J connectivity index is 1.98. The van der Waals surface area contributed by atoms with Crippen molar-refractivity contribution in [3.05, 3.63) is 60.2 Å². The molecule has 8 heteroatoms. The van der Waals surface area contributed by atoms with Crippen LogP contribution in [0.15, 0.2) is 54.6 Å². The average Bonchev–Trinajstić information content (AvgIpc) is 2.72. The van der Waals surface area contributed by atoms with Gasteiger partial charge in [0.1, 0.15) is 6.04 Å². The van der Waals surface area contributed by atoms with Gasteiger partial charge in [-0.1, -0.05) is 54.6 Å². The van der Waals surface area contributed by atoms with Gasteiger partial charge in [-0.05, 0) is 30.5 Å². The van der Waals surface area contributed by atoms with Crippen LogP contribution in [0.3, 0.4) is 0 Å². The van der Waals surface area contributed by atoms with Crippen molar-refractivity contribution in [3.8, 4) is 11.1 Å². The van der Waals surface area contributed by atoms with Crippen LogP contribution in [0.25, 0.3) is 11.1 Å². The summed E-state index contributed by atoms with van der Waals surface area (Å²) in [5, 5.41) is 33.5. The van der Waals surface area contributed by atoms with Crippen LogP contribution in [0.5, 0.6) is 0 Å². The zero-order valence-corrected chi connectivity index (χ0v) is 17.1. The Morgan fingerprint density at radius 1 is 0.867 bits per heavy atom. The van der Waals surface area contributed by atoms with E-state index >= 15 is 0 Å². The summed E-state index contributed by atoms with van der Waals surface area (Å²) < 4.78 is 0. The third-order valence-corrected chi connectivity index (χ3v) is 4.73. The molecule has 0 aliphatic rings. The minimum absolute atomic E-state index is 0.0452. The van der Waals surface area contributed by atoms with Crippen molar-refractivity contribution in [2.24, 2.45) is 0 Å². The molecule has 2 aromatic carbocycles. The number of benzene rings is 2. The molecule has 0 aromatic heterocycles. The predicted molar refractivity (Wildman–Crippen MR) is 113 cm³/mol. The van der Waals surface area contributed by atoms with Gasteiger partial charge in [-0.15, -0.1) is 0 Å². The quantitative estimate of drug-likeness (QED) is 0.315. The topological polar surface area (TPSA) is 131 Å². The smallest absolute Gasteiger partial charge is 0.245 e. The number of carbonyl (C=O) groups is 2. The van der Waals surface area contributed by atoms with Crippen molar-refractivity contribution >= 4 is 11.8 Å². The van der Waals surface area contributed by atoms with Crippen molar-refractivity contribution in [1.82, 2.24) is 16.1 Å². The Bertz CT molecular complexity index is 809. The number of nitrogens with one attached hydrogen (secondary N) is 3. The summed E-state index contributed by atoms with van der Waals surface area (Å²) in [7, 11) is 0. The van der Waals surface area contributed by atoms with Gasteiger partial charge in [0.2, 0.25) is 11.8 Å². The fourth-order valence-electron chi connectivity index (χ4n) is 2.97. The standard InChI is InChI=1S/C22H29N3O5/c1-14(26)19(13-23-30)24-22(29)21(15(2)27)25-20(28)12-16-8-10-18(11-9-16)17-6-4-3-5-7-17/h3-11,14-15,19,21,23,26-27,30H,12-13H2,1-2H3,(H,24,29)(H,25,28)/t14-,15-,19+,21+/m1/s1. The highest BCUT2D eigenvalue weighted by atomic mass is 16.5. The van der Waals surface area contributed by atoms with Crippen LogP contribution in [0.1, 0.15) is 19.4 Å². The summed E-state index contributed by atoms with van der Waals surface area (Å²) in [6, 6.07) is 15.4. The Morgan fingerprint density at radius 2 is 1.47 bits per heavy atom. The summed E-state index contributed by atoms with van der Waals surface area (Å²) >= 11 is 0. The van der Waals surface area contributed by atoms with E-state index in [9.17, 15) is 19.8 Å². The van der Waals surface area contributed by atoms with Gasteiger partial charge in [-0.2, -0.15) is 0 Å². The number of hydroxylamine groups is 1. The maximum Gasteiger partial charge on any atom is 0.245 e. The molecule has 0 saturated heterocycles. The highest BCUT2D eigenvalue weighted by Crippen LogP contribution is 2.19. The van der Waals surface area contributed by atoms with Crippen molar-refractivity contribution in [2.75, 3.05) is 6.54 Å². The monoisotopic (exact) mass is 415 g/mol. The molecule has 0 bridgehead atoms. The number of aliphatic hydroxyl groups excluding tert-OH is 2. The molecule has 0 radical (unpaired) electrons. The molecule has 0 saturated carbocycles. The molecule has 162 valence electrons. The highest BCUT2D eigenvalue weighted by Gasteiger charge is 2.28. The second-order valence-electron chi connectivity index (χ2n) is 7.24. The molecule has 0 fully saturated rings. The Hall–Kier alpha value is -2.78. The summed E-state index contributed by atoms with van der Waals surface area (Å²) in [6.07, 6.45) is -2.04. The first-order valence-corrected chi connectivity index (χ1v) is 9.79. The fourth-order valence-corrected chi connectivity index (χ4v) is 2.97. The molecular formula is C22H29N3O5. The van der Waals surface area contributed by atoms with E-state index in [0.29, 0.717) is 0 Å². The molecule has 6 N–H and O–H groups in total. The normalized spacial score (nSPS) is 15.0. The second-order valence-corrected chi connectivity index (χ2v) is 7.24. The van der Waals surface area contributed by atoms with Gasteiger partial charge in [0, 0.05) is 6.54 Å². The lowest BCUT2D eigenvalue weighted by Gasteiger charge is -2.26. The predicted octanol–water partition coefficient (Wildman–Crippen LogP) is 0.606. The van der Waals surface area contributed by atoms with Gasteiger partial charge >= 0.3 is 0 Å². The van der Waals surface area contributed by atoms with E-state index in [0.717, 1.165) is 16.7 Å². The molecular weight excluding hydrogens is 386 g/mol. The van der Waals surface area contributed by atoms with Crippen molar-refractivity contribution in [1.29, 1.82) is 0 Å². The first-order valence-electron chi connectivity index (χ1n) is 9.79. The maximum absolute atomic E-state index is 12.5. The molecule has 2 amide bonds. The van der Waals surface area contributed by atoms with Crippen molar-refractivity contribution < 1.29 is 25.0 Å². The summed E-state index contributed by atoms with van der Waals surface area (Å²) in [4.78, 5) is 24.9. The lowest BCUT2D eigenvalue weighted by atomic mass is 10.0. The van der Waals surface area contributed by atoms with E-state index in [1.54, 1.807) is 0 Å². The number of rotatable bonds is 10. The second kappa shape index (κ2) is 11.4. The SMILES string of the molecule is C[C@@H](O)[C@H](CNO)NC(=O)[C@@H](NC(=O)Cc1ccc(-c2ccccc2)cc1)[C@@H](C)O. The summed E-state index contributed by atoms with van der Waals surface area (Å²) in [5.74, 6) is -1.07. The van der Waals surface area contributed by atoms with E-state index < -0.39 is 36.1 Å². The lowest BCUT2D eigenvalue weighted by Crippen LogP contribution is -2.57. The minimum atomic E-state index is -1.19.